The van der Waals surface area contributed by atoms with E-state index in [0.29, 0.717) is 45.1 Å². The summed E-state index contributed by atoms with van der Waals surface area (Å²) >= 11 is 0. The summed E-state index contributed by atoms with van der Waals surface area (Å²) in [5, 5.41) is 6.93. The first-order chi connectivity index (χ1) is 14.8. The van der Waals surface area contributed by atoms with Crippen LogP contribution < -0.4 is 10.1 Å². The third kappa shape index (κ3) is 5.14. The number of nitrogens with one attached hydrogen (secondary N) is 1. The minimum absolute atomic E-state index is 0.146. The second kappa shape index (κ2) is 10.5. The quantitative estimate of drug-likeness (QED) is 0.386. The van der Waals surface area contributed by atoms with E-state index in [1.54, 1.807) is 32.9 Å². The topological polar surface area (TPSA) is 95.5 Å². The van der Waals surface area contributed by atoms with Gasteiger partial charge in [-0.3, -0.25) is 0 Å². The smallest absolute Gasteiger partial charge is 0.336 e. The largest absolute Gasteiger partial charge is 0.489 e. The average Bonchev–Trinajstić information content (AvgIpc) is 2.76. The van der Waals surface area contributed by atoms with Crippen LogP contribution in [-0.2, 0) is 23.9 Å². The number of hydrogen-bond donors (Lipinski definition) is 1. The second-order valence-corrected chi connectivity index (χ2v) is 6.91. The number of rotatable bonds is 8. The summed E-state index contributed by atoms with van der Waals surface area (Å²) in [7, 11) is 4.05. The summed E-state index contributed by atoms with van der Waals surface area (Å²) < 4.78 is 16.0. The molecule has 2 rings (SSSR count). The first-order valence-corrected chi connectivity index (χ1v) is 9.59. The van der Waals surface area contributed by atoms with Gasteiger partial charge in [-0.1, -0.05) is 29.9 Å². The molecule has 0 fully saturated rings. The molecule has 0 atom stereocenters. The number of oxime groups is 1. The molecule has 1 aliphatic rings. The molecular formula is C23H28N2O6. The van der Waals surface area contributed by atoms with Gasteiger partial charge in [-0.05, 0) is 26.8 Å². The van der Waals surface area contributed by atoms with Crippen LogP contribution in [0, 0.1) is 0 Å². The highest BCUT2D eigenvalue weighted by Crippen LogP contribution is 2.42. The van der Waals surface area contributed by atoms with Crippen LogP contribution in [0.1, 0.15) is 32.3 Å². The van der Waals surface area contributed by atoms with Gasteiger partial charge in [0.1, 0.15) is 19.5 Å². The van der Waals surface area contributed by atoms with E-state index in [2.05, 4.69) is 17.1 Å². The number of benzene rings is 1. The van der Waals surface area contributed by atoms with Crippen molar-refractivity contribution in [2.75, 3.05) is 27.9 Å². The number of hydrogen-bond acceptors (Lipinski definition) is 8. The molecule has 0 bridgehead atoms. The molecule has 1 aliphatic heterocycles. The Morgan fingerprint density at radius 3 is 2.10 bits per heavy atom. The summed E-state index contributed by atoms with van der Waals surface area (Å²) in [6.07, 6.45) is 0. The molecule has 1 heterocycles. The third-order valence-electron chi connectivity index (χ3n) is 4.94. The first kappa shape index (κ1) is 23.7. The Kier molecular flexibility index (Phi) is 8.01. The molecule has 0 radical (unpaired) electrons. The van der Waals surface area contributed by atoms with Crippen LogP contribution in [0.25, 0.3) is 0 Å². The van der Waals surface area contributed by atoms with Gasteiger partial charge in [0.2, 0.25) is 0 Å². The molecule has 0 saturated heterocycles. The molecule has 0 saturated carbocycles. The van der Waals surface area contributed by atoms with Gasteiger partial charge in [0.15, 0.2) is 0 Å². The van der Waals surface area contributed by atoms with Gasteiger partial charge < -0.3 is 24.4 Å². The fraction of sp³-hybridized carbons (Fsp3) is 0.348. The highest BCUT2D eigenvalue weighted by atomic mass is 16.6. The van der Waals surface area contributed by atoms with E-state index < -0.39 is 17.9 Å². The minimum Gasteiger partial charge on any atom is -0.489 e. The van der Waals surface area contributed by atoms with E-state index in [9.17, 15) is 9.59 Å². The number of carbonyl (C=O) groups excluding carboxylic acids is 2. The highest BCUT2D eigenvalue weighted by molar-refractivity contribution is 6.00. The van der Waals surface area contributed by atoms with Gasteiger partial charge in [-0.2, -0.15) is 0 Å². The van der Waals surface area contributed by atoms with Crippen LogP contribution in [0.5, 0.6) is 5.75 Å². The zero-order valence-corrected chi connectivity index (χ0v) is 18.7. The van der Waals surface area contributed by atoms with E-state index in [1.165, 1.54) is 21.3 Å². The van der Waals surface area contributed by atoms with Crippen molar-refractivity contribution in [2.24, 2.45) is 5.16 Å². The lowest BCUT2D eigenvalue weighted by Crippen LogP contribution is -2.32. The van der Waals surface area contributed by atoms with Crippen molar-refractivity contribution in [1.29, 1.82) is 0 Å². The zero-order chi connectivity index (χ0) is 23.1. The summed E-state index contributed by atoms with van der Waals surface area (Å²) in [6, 6.07) is 7.19. The minimum atomic E-state index is -0.737. The highest BCUT2D eigenvalue weighted by Gasteiger charge is 2.39. The lowest BCUT2D eigenvalue weighted by molar-refractivity contribution is -0.137. The van der Waals surface area contributed by atoms with E-state index in [-0.39, 0.29) is 6.61 Å². The molecule has 166 valence electrons. The Balaban J connectivity index is 2.57. The molecule has 0 amide bonds. The molecule has 8 nitrogen and oxygen atoms in total. The van der Waals surface area contributed by atoms with Crippen molar-refractivity contribution in [3.63, 3.8) is 0 Å². The van der Waals surface area contributed by atoms with Crippen molar-refractivity contribution in [2.45, 2.75) is 26.7 Å². The second-order valence-electron chi connectivity index (χ2n) is 6.91. The van der Waals surface area contributed by atoms with Gasteiger partial charge in [-0.15, -0.1) is 0 Å². The van der Waals surface area contributed by atoms with Crippen LogP contribution in [0.3, 0.4) is 0 Å². The zero-order valence-electron chi connectivity index (χ0n) is 18.7. The van der Waals surface area contributed by atoms with Crippen LogP contribution in [0.15, 0.2) is 64.1 Å². The van der Waals surface area contributed by atoms with Gasteiger partial charge in [-0.25, -0.2) is 9.59 Å². The maximum atomic E-state index is 12.7. The number of esters is 2. The Labute approximate surface area is 182 Å². The number of nitrogens with zero attached hydrogens (tertiary/aromatic N) is 1. The van der Waals surface area contributed by atoms with Gasteiger partial charge >= 0.3 is 11.9 Å². The number of allylic oxidation sites excluding steroid dienone is 2. The Morgan fingerprint density at radius 1 is 1.03 bits per heavy atom. The molecule has 0 aromatic heterocycles. The molecule has 0 spiro atoms. The van der Waals surface area contributed by atoms with Crippen molar-refractivity contribution >= 4 is 17.7 Å². The summed E-state index contributed by atoms with van der Waals surface area (Å²) in [4.78, 5) is 30.1. The van der Waals surface area contributed by atoms with Crippen LogP contribution >= 0.6 is 0 Å². The monoisotopic (exact) mass is 428 g/mol. The molecule has 8 heteroatoms. The van der Waals surface area contributed by atoms with Crippen molar-refractivity contribution < 1.29 is 28.6 Å². The maximum absolute atomic E-state index is 12.7. The fourth-order valence-electron chi connectivity index (χ4n) is 3.39. The van der Waals surface area contributed by atoms with Gasteiger partial charge in [0.25, 0.3) is 0 Å². The van der Waals surface area contributed by atoms with Crippen molar-refractivity contribution in [1.82, 2.24) is 5.32 Å². The summed E-state index contributed by atoms with van der Waals surface area (Å²) in [5.41, 5.74) is 3.63. The summed E-state index contributed by atoms with van der Waals surface area (Å²) in [5.74, 6) is -1.35. The van der Waals surface area contributed by atoms with Crippen LogP contribution in [-0.4, -0.2) is 45.6 Å². The Hall–Kier alpha value is -3.55. The summed E-state index contributed by atoms with van der Waals surface area (Å²) in [6.45, 7) is 9.37. The average molecular weight is 428 g/mol. The standard InChI is InChI=1S/C23H28N2O6/c1-13(14(2)25-30-7)12-31-18-11-9-8-10-17(18)21-19(22(26)28-5)15(3)24-16(4)20(21)23(27)29-6/h8-11,21,24H,1,12H2,2-7H3/b25-14-. The van der Waals surface area contributed by atoms with E-state index in [4.69, 9.17) is 19.0 Å². The number of methoxy groups -OCH3 is 2. The normalized spacial score (nSPS) is 14.7. The van der Waals surface area contributed by atoms with Crippen molar-refractivity contribution in [3.8, 4) is 5.75 Å². The molecule has 1 aromatic carbocycles. The number of carbonyl (C=O) groups is 2. The van der Waals surface area contributed by atoms with Gasteiger partial charge in [0.05, 0.1) is 37.0 Å². The Morgan fingerprint density at radius 2 is 1.58 bits per heavy atom. The first-order valence-electron chi connectivity index (χ1n) is 9.59. The van der Waals surface area contributed by atoms with E-state index in [1.807, 2.05) is 12.1 Å². The van der Waals surface area contributed by atoms with Crippen LogP contribution in [0.2, 0.25) is 0 Å². The SMILES string of the molecule is C=C(COc1ccccc1C1C(C(=O)OC)=C(C)NC(C)=C1C(=O)OC)/C(C)=N\OC. The lowest BCUT2D eigenvalue weighted by Gasteiger charge is -2.31. The lowest BCUT2D eigenvalue weighted by atomic mass is 9.80. The number of para-hydroxylation sites is 1. The molecule has 0 unspecified atom stereocenters. The van der Waals surface area contributed by atoms with E-state index >= 15 is 0 Å². The molecule has 1 aromatic rings. The van der Waals surface area contributed by atoms with Gasteiger partial charge in [0, 0.05) is 22.5 Å². The molecular weight excluding hydrogens is 400 g/mol. The Bertz CT molecular complexity index is 936. The fourth-order valence-corrected chi connectivity index (χ4v) is 3.39. The molecule has 31 heavy (non-hydrogen) atoms. The molecule has 0 aliphatic carbocycles. The van der Waals surface area contributed by atoms with Crippen molar-refractivity contribution in [3.05, 3.63) is 64.5 Å². The molecule has 1 N–H and O–H groups in total. The third-order valence-corrected chi connectivity index (χ3v) is 4.94. The maximum Gasteiger partial charge on any atom is 0.336 e. The number of ether oxygens (including phenoxy) is 3. The number of dihydropyridines is 1. The van der Waals surface area contributed by atoms with E-state index in [0.717, 1.165) is 0 Å². The predicted molar refractivity (Wildman–Crippen MR) is 117 cm³/mol. The van der Waals surface area contributed by atoms with Crippen LogP contribution in [0.4, 0.5) is 0 Å². The predicted octanol–water partition coefficient (Wildman–Crippen LogP) is 3.22.